The Balaban J connectivity index is 1.51. The fourth-order valence-corrected chi connectivity index (χ4v) is 2.73. The quantitative estimate of drug-likeness (QED) is 0.448. The van der Waals surface area contributed by atoms with Crippen molar-refractivity contribution >= 4 is 28.2 Å². The van der Waals surface area contributed by atoms with Crippen LogP contribution >= 0.6 is 0 Å². The smallest absolute Gasteiger partial charge is 0.272 e. The Morgan fingerprint density at radius 3 is 2.55 bits per heavy atom. The summed E-state index contributed by atoms with van der Waals surface area (Å²) in [7, 11) is 0. The number of hydrogen-bond acceptors (Lipinski definition) is 6. The van der Waals surface area contributed by atoms with Crippen LogP contribution in [-0.2, 0) is 0 Å². The van der Waals surface area contributed by atoms with Gasteiger partial charge >= 0.3 is 0 Å². The predicted molar refractivity (Wildman–Crippen MR) is 108 cm³/mol. The molecule has 0 radical (unpaired) electrons. The zero-order valence-electron chi connectivity index (χ0n) is 15.1. The molecular formula is C21H16FN5O2. The van der Waals surface area contributed by atoms with E-state index in [1.165, 1.54) is 24.5 Å². The van der Waals surface area contributed by atoms with Crippen molar-refractivity contribution in [2.24, 2.45) is 0 Å². The van der Waals surface area contributed by atoms with E-state index in [2.05, 4.69) is 20.8 Å². The predicted octanol–water partition coefficient (Wildman–Crippen LogP) is 3.90. The van der Waals surface area contributed by atoms with Crippen molar-refractivity contribution in [1.82, 2.24) is 15.4 Å². The number of halogens is 1. The maximum Gasteiger partial charge on any atom is 0.272 e. The Morgan fingerprint density at radius 1 is 0.966 bits per heavy atom. The molecular weight excluding hydrogens is 373 g/mol. The molecule has 0 aliphatic carbocycles. The van der Waals surface area contributed by atoms with E-state index in [-0.39, 0.29) is 22.9 Å². The van der Waals surface area contributed by atoms with Gasteiger partial charge in [-0.15, -0.1) is 0 Å². The van der Waals surface area contributed by atoms with Gasteiger partial charge in [0.25, 0.3) is 5.91 Å². The summed E-state index contributed by atoms with van der Waals surface area (Å²) in [6.07, 6.45) is 1.24. The highest BCUT2D eigenvalue weighted by Crippen LogP contribution is 2.30. The van der Waals surface area contributed by atoms with Gasteiger partial charge < -0.3 is 10.5 Å². The maximum absolute atomic E-state index is 13.7. The maximum atomic E-state index is 13.7. The minimum atomic E-state index is -0.668. The molecule has 4 rings (SSSR count). The number of carbonyl (C=O) groups excluding carboxylic acids is 1. The van der Waals surface area contributed by atoms with Crippen molar-refractivity contribution in [3.8, 4) is 11.6 Å². The molecule has 0 fully saturated rings. The molecule has 1 amide bonds. The lowest BCUT2D eigenvalue weighted by atomic mass is 10.1. The minimum absolute atomic E-state index is 0.0921. The average molecular weight is 389 g/mol. The van der Waals surface area contributed by atoms with E-state index in [0.717, 1.165) is 10.8 Å². The number of benzene rings is 3. The number of nitrogens with two attached hydrogens (primary N) is 1. The number of nitrogens with zero attached hydrogens (tertiary/aromatic N) is 2. The monoisotopic (exact) mass is 389 g/mol. The van der Waals surface area contributed by atoms with Crippen LogP contribution in [0.3, 0.4) is 0 Å². The number of amides is 1. The summed E-state index contributed by atoms with van der Waals surface area (Å²) >= 11 is 0. The largest absolute Gasteiger partial charge is 0.437 e. The van der Waals surface area contributed by atoms with Gasteiger partial charge in [-0.05, 0) is 35.0 Å². The summed E-state index contributed by atoms with van der Waals surface area (Å²) in [5.41, 5.74) is 11.0. The van der Waals surface area contributed by atoms with Gasteiger partial charge in [-0.3, -0.25) is 15.6 Å². The summed E-state index contributed by atoms with van der Waals surface area (Å²) in [6, 6.07) is 19.1. The number of nitrogens with one attached hydrogen (secondary N) is 2. The third kappa shape index (κ3) is 3.91. The van der Waals surface area contributed by atoms with Gasteiger partial charge in [-0.25, -0.2) is 9.37 Å². The van der Waals surface area contributed by atoms with Crippen molar-refractivity contribution < 1.29 is 13.9 Å². The second-order valence-electron chi connectivity index (χ2n) is 6.11. The lowest BCUT2D eigenvalue weighted by molar-refractivity contribution is 0.0958. The first-order valence-electron chi connectivity index (χ1n) is 8.70. The molecule has 3 aromatic carbocycles. The highest BCUT2D eigenvalue weighted by molar-refractivity contribution is 5.95. The normalized spacial score (nSPS) is 10.5. The molecule has 7 nitrogen and oxygen atoms in total. The molecule has 0 spiro atoms. The van der Waals surface area contributed by atoms with Crippen molar-refractivity contribution in [3.63, 3.8) is 0 Å². The van der Waals surface area contributed by atoms with E-state index in [4.69, 9.17) is 10.5 Å². The highest BCUT2D eigenvalue weighted by Gasteiger charge is 2.14. The minimum Gasteiger partial charge on any atom is -0.437 e. The fourth-order valence-electron chi connectivity index (χ4n) is 2.73. The Kier molecular flexibility index (Phi) is 4.90. The van der Waals surface area contributed by atoms with Crippen LogP contribution in [0.4, 0.5) is 15.9 Å². The van der Waals surface area contributed by atoms with Crippen LogP contribution in [0, 0.1) is 5.82 Å². The Labute approximate surface area is 165 Å². The molecule has 0 aliphatic heterocycles. The van der Waals surface area contributed by atoms with Crippen LogP contribution < -0.4 is 21.3 Å². The number of carbonyl (C=O) groups is 1. The van der Waals surface area contributed by atoms with Gasteiger partial charge in [-0.2, -0.15) is 4.98 Å². The summed E-state index contributed by atoms with van der Waals surface area (Å²) in [5, 5.41) is 2.09. The standard InChI is InChI=1S/C21H16FN5O2/c22-17-8-4-3-7-16(17)20(28)27-26-19-18(23)21(25-12-24-19)29-15-10-9-13-5-1-2-6-14(13)11-15/h1-12H,23H2,(H,27,28)(H,24,25,26). The Bertz CT molecular complexity index is 1200. The van der Waals surface area contributed by atoms with Crippen LogP contribution in [0.25, 0.3) is 10.8 Å². The van der Waals surface area contributed by atoms with Crippen LogP contribution in [0.5, 0.6) is 11.6 Å². The molecule has 0 saturated carbocycles. The molecule has 1 heterocycles. The topological polar surface area (TPSA) is 102 Å². The first-order chi connectivity index (χ1) is 14.1. The number of hydrazine groups is 1. The number of anilines is 2. The van der Waals surface area contributed by atoms with E-state index in [1.807, 2.05) is 36.4 Å². The van der Waals surface area contributed by atoms with Crippen LogP contribution in [0.15, 0.2) is 73.1 Å². The lowest BCUT2D eigenvalue weighted by Crippen LogP contribution is -2.31. The Morgan fingerprint density at radius 2 is 1.72 bits per heavy atom. The number of rotatable bonds is 5. The summed E-state index contributed by atoms with van der Waals surface area (Å²) in [4.78, 5) is 20.1. The van der Waals surface area contributed by atoms with Crippen LogP contribution in [-0.4, -0.2) is 15.9 Å². The van der Waals surface area contributed by atoms with Crippen LogP contribution in [0.2, 0.25) is 0 Å². The second kappa shape index (κ2) is 7.81. The van der Waals surface area contributed by atoms with E-state index in [1.54, 1.807) is 12.1 Å². The summed E-state index contributed by atoms with van der Waals surface area (Å²) < 4.78 is 19.5. The molecule has 0 bridgehead atoms. The van der Waals surface area contributed by atoms with Crippen molar-refractivity contribution in [3.05, 3.63) is 84.4 Å². The van der Waals surface area contributed by atoms with Gasteiger partial charge in [0.05, 0.1) is 5.56 Å². The van der Waals surface area contributed by atoms with E-state index in [0.29, 0.717) is 5.75 Å². The molecule has 0 unspecified atom stereocenters. The Hall–Kier alpha value is -4.20. The van der Waals surface area contributed by atoms with Gasteiger partial charge in [-0.1, -0.05) is 42.5 Å². The third-order valence-electron chi connectivity index (χ3n) is 4.20. The number of ether oxygens (including phenoxy) is 1. The van der Waals surface area contributed by atoms with E-state index < -0.39 is 11.7 Å². The lowest BCUT2D eigenvalue weighted by Gasteiger charge is -2.13. The van der Waals surface area contributed by atoms with Crippen molar-refractivity contribution in [1.29, 1.82) is 0 Å². The van der Waals surface area contributed by atoms with Gasteiger partial charge in [0, 0.05) is 0 Å². The van der Waals surface area contributed by atoms with E-state index in [9.17, 15) is 9.18 Å². The number of hydrogen-bond donors (Lipinski definition) is 3. The number of fused-ring (bicyclic) bond motifs is 1. The average Bonchev–Trinajstić information content (AvgIpc) is 2.74. The molecule has 0 atom stereocenters. The van der Waals surface area contributed by atoms with E-state index >= 15 is 0 Å². The second-order valence-corrected chi connectivity index (χ2v) is 6.11. The molecule has 0 saturated heterocycles. The summed E-state index contributed by atoms with van der Waals surface area (Å²) in [6.45, 7) is 0. The molecule has 1 aromatic heterocycles. The summed E-state index contributed by atoms with van der Waals surface area (Å²) in [5.74, 6) is -0.505. The molecule has 0 aliphatic rings. The SMILES string of the molecule is Nc1c(NNC(=O)c2ccccc2F)ncnc1Oc1ccc2ccccc2c1. The van der Waals surface area contributed by atoms with Crippen LogP contribution in [0.1, 0.15) is 10.4 Å². The van der Waals surface area contributed by atoms with Gasteiger partial charge in [0.15, 0.2) is 5.82 Å². The zero-order valence-corrected chi connectivity index (χ0v) is 15.1. The molecule has 8 heteroatoms. The molecule has 144 valence electrons. The molecule has 4 aromatic rings. The molecule has 4 N–H and O–H groups in total. The number of nitrogen functional groups attached to an aromatic ring is 1. The first kappa shape index (κ1) is 18.2. The highest BCUT2D eigenvalue weighted by atomic mass is 19.1. The zero-order chi connectivity index (χ0) is 20.2. The first-order valence-corrected chi connectivity index (χ1v) is 8.70. The van der Waals surface area contributed by atoms with Crippen molar-refractivity contribution in [2.45, 2.75) is 0 Å². The van der Waals surface area contributed by atoms with Gasteiger partial charge in [0.1, 0.15) is 23.6 Å². The third-order valence-corrected chi connectivity index (χ3v) is 4.20. The van der Waals surface area contributed by atoms with Crippen molar-refractivity contribution in [2.75, 3.05) is 11.2 Å². The fraction of sp³-hybridized carbons (Fsp3) is 0. The number of aromatic nitrogens is 2. The molecule has 29 heavy (non-hydrogen) atoms. The van der Waals surface area contributed by atoms with Gasteiger partial charge in [0.2, 0.25) is 5.88 Å².